The molecule has 1 rings (SSSR count). The van der Waals surface area contributed by atoms with Crippen molar-refractivity contribution in [3.63, 3.8) is 0 Å². The number of aromatic amines is 1. The summed E-state index contributed by atoms with van der Waals surface area (Å²) in [4.78, 5) is 9.42. The van der Waals surface area contributed by atoms with E-state index in [0.29, 0.717) is 10.6 Å². The van der Waals surface area contributed by atoms with E-state index in [-0.39, 0.29) is 0 Å². The highest BCUT2D eigenvalue weighted by atomic mass is 32.1. The van der Waals surface area contributed by atoms with Gasteiger partial charge in [0.05, 0.1) is 0 Å². The summed E-state index contributed by atoms with van der Waals surface area (Å²) in [5.74, 6) is 1.45. The van der Waals surface area contributed by atoms with Crippen LogP contribution in [0.2, 0.25) is 0 Å². The Morgan fingerprint density at radius 2 is 2.14 bits per heavy atom. The molecule has 1 N–H and O–H groups in total. The largest absolute Gasteiger partial charge is 0.349 e. The Hall–Kier alpha value is -0.900. The highest BCUT2D eigenvalue weighted by Crippen LogP contribution is 2.09. The second-order valence-electron chi connectivity index (χ2n) is 4.06. The number of nitrogens with one attached hydrogen (secondary N) is 1. The maximum atomic E-state index is 5.10. The molecule has 0 aromatic carbocycles. The van der Waals surface area contributed by atoms with Crippen molar-refractivity contribution in [1.82, 2.24) is 9.97 Å². The van der Waals surface area contributed by atoms with Crippen molar-refractivity contribution >= 4 is 18.2 Å². The van der Waals surface area contributed by atoms with Crippen LogP contribution in [0.1, 0.15) is 19.5 Å². The first-order valence-electron chi connectivity index (χ1n) is 4.76. The van der Waals surface area contributed by atoms with Gasteiger partial charge in [-0.15, -0.1) is 0 Å². The van der Waals surface area contributed by atoms with Crippen molar-refractivity contribution in [2.24, 2.45) is 5.92 Å². The van der Waals surface area contributed by atoms with E-state index in [1.54, 1.807) is 0 Å². The molecule has 14 heavy (non-hydrogen) atoms. The Bertz CT molecular complexity index is 355. The van der Waals surface area contributed by atoms with Crippen LogP contribution < -0.4 is 4.90 Å². The first kappa shape index (κ1) is 11.2. The molecule has 0 saturated heterocycles. The topological polar surface area (TPSA) is 31.9 Å². The third kappa shape index (κ3) is 3.10. The van der Waals surface area contributed by atoms with Crippen molar-refractivity contribution in [3.8, 4) is 0 Å². The Labute approximate surface area is 90.2 Å². The monoisotopic (exact) mass is 211 g/mol. The minimum absolute atomic E-state index is 0.623. The van der Waals surface area contributed by atoms with E-state index < -0.39 is 0 Å². The molecule has 0 aliphatic heterocycles. The molecule has 1 aromatic rings. The molecule has 0 amide bonds. The second-order valence-corrected chi connectivity index (χ2v) is 4.48. The van der Waals surface area contributed by atoms with Crippen LogP contribution in [0.15, 0.2) is 6.07 Å². The number of hydrogen-bond acceptors (Lipinski definition) is 3. The molecule has 78 valence electrons. The van der Waals surface area contributed by atoms with Gasteiger partial charge < -0.3 is 9.88 Å². The smallest absolute Gasteiger partial charge is 0.203 e. The molecule has 0 aliphatic rings. The quantitative estimate of drug-likeness (QED) is 0.779. The fourth-order valence-electron chi connectivity index (χ4n) is 1.25. The van der Waals surface area contributed by atoms with E-state index in [4.69, 9.17) is 12.2 Å². The summed E-state index contributed by atoms with van der Waals surface area (Å²) in [7, 11) is 3.90. The van der Waals surface area contributed by atoms with Gasteiger partial charge in [-0.1, -0.05) is 26.1 Å². The normalized spacial score (nSPS) is 10.6. The van der Waals surface area contributed by atoms with E-state index in [0.717, 1.165) is 18.1 Å². The van der Waals surface area contributed by atoms with Crippen LogP contribution in [0.3, 0.4) is 0 Å². The number of rotatable bonds is 3. The molecule has 0 bridgehead atoms. The second kappa shape index (κ2) is 4.55. The number of aromatic nitrogens is 2. The SMILES string of the molecule is CC(C)Cc1cc(=S)nc(N(C)C)[nH]1. The minimum Gasteiger partial charge on any atom is -0.349 e. The zero-order chi connectivity index (χ0) is 10.7. The van der Waals surface area contributed by atoms with Crippen LogP contribution in [0.25, 0.3) is 0 Å². The van der Waals surface area contributed by atoms with E-state index in [1.807, 2.05) is 25.1 Å². The number of anilines is 1. The highest BCUT2D eigenvalue weighted by molar-refractivity contribution is 7.71. The molecular formula is C10H17N3S. The molecule has 3 nitrogen and oxygen atoms in total. The fraction of sp³-hybridized carbons (Fsp3) is 0.600. The minimum atomic E-state index is 0.623. The van der Waals surface area contributed by atoms with Crippen LogP contribution in [-0.4, -0.2) is 24.1 Å². The van der Waals surface area contributed by atoms with Gasteiger partial charge in [0, 0.05) is 19.8 Å². The summed E-state index contributed by atoms with van der Waals surface area (Å²) in [6, 6.07) is 1.93. The molecule has 1 heterocycles. The van der Waals surface area contributed by atoms with Gasteiger partial charge in [-0.3, -0.25) is 0 Å². The Morgan fingerprint density at radius 3 is 2.64 bits per heavy atom. The van der Waals surface area contributed by atoms with Gasteiger partial charge in [-0.2, -0.15) is 0 Å². The van der Waals surface area contributed by atoms with Crippen LogP contribution in [0.4, 0.5) is 5.95 Å². The van der Waals surface area contributed by atoms with E-state index in [1.165, 1.54) is 0 Å². The molecule has 0 aliphatic carbocycles. The lowest BCUT2D eigenvalue weighted by atomic mass is 10.1. The predicted octanol–water partition coefficient (Wildman–Crippen LogP) is 2.40. The first-order chi connectivity index (χ1) is 6.49. The summed E-state index contributed by atoms with van der Waals surface area (Å²) in [5.41, 5.74) is 1.16. The maximum Gasteiger partial charge on any atom is 0.203 e. The first-order valence-corrected chi connectivity index (χ1v) is 5.17. The van der Waals surface area contributed by atoms with Crippen LogP contribution >= 0.6 is 12.2 Å². The summed E-state index contributed by atoms with van der Waals surface area (Å²) >= 11 is 5.10. The van der Waals surface area contributed by atoms with Crippen molar-refractivity contribution < 1.29 is 0 Å². The van der Waals surface area contributed by atoms with Gasteiger partial charge in [-0.05, 0) is 18.4 Å². The number of hydrogen-bond donors (Lipinski definition) is 1. The lowest BCUT2D eigenvalue weighted by molar-refractivity contribution is 0.633. The Balaban J connectivity index is 3.01. The average Bonchev–Trinajstić information content (AvgIpc) is 2.01. The zero-order valence-corrected chi connectivity index (χ0v) is 9.98. The predicted molar refractivity (Wildman–Crippen MR) is 62.3 cm³/mol. The number of H-pyrrole nitrogens is 1. The third-order valence-corrected chi connectivity index (χ3v) is 2.05. The van der Waals surface area contributed by atoms with Gasteiger partial charge in [-0.25, -0.2) is 4.98 Å². The Kier molecular flexibility index (Phi) is 3.63. The summed E-state index contributed by atoms with van der Waals surface area (Å²) < 4.78 is 0.656. The van der Waals surface area contributed by atoms with Crippen LogP contribution in [0.5, 0.6) is 0 Å². The summed E-state index contributed by atoms with van der Waals surface area (Å²) in [5, 5.41) is 0. The van der Waals surface area contributed by atoms with Crippen molar-refractivity contribution in [3.05, 3.63) is 16.4 Å². The summed E-state index contributed by atoms with van der Waals surface area (Å²) in [6.45, 7) is 4.37. The van der Waals surface area contributed by atoms with Crippen molar-refractivity contribution in [1.29, 1.82) is 0 Å². The molecule has 0 unspecified atom stereocenters. The lowest BCUT2D eigenvalue weighted by Crippen LogP contribution is -2.14. The highest BCUT2D eigenvalue weighted by Gasteiger charge is 2.02. The molecular weight excluding hydrogens is 194 g/mol. The van der Waals surface area contributed by atoms with Gasteiger partial charge in [0.15, 0.2) is 0 Å². The van der Waals surface area contributed by atoms with E-state index in [9.17, 15) is 0 Å². The van der Waals surface area contributed by atoms with Crippen LogP contribution in [0, 0.1) is 10.6 Å². The average molecular weight is 211 g/mol. The molecule has 0 radical (unpaired) electrons. The van der Waals surface area contributed by atoms with Crippen LogP contribution in [-0.2, 0) is 6.42 Å². The Morgan fingerprint density at radius 1 is 1.50 bits per heavy atom. The zero-order valence-electron chi connectivity index (χ0n) is 9.16. The fourth-order valence-corrected chi connectivity index (χ4v) is 1.48. The maximum absolute atomic E-state index is 5.10. The summed E-state index contributed by atoms with van der Waals surface area (Å²) in [6.07, 6.45) is 1.01. The molecule has 0 spiro atoms. The number of nitrogens with zero attached hydrogens (tertiary/aromatic N) is 2. The van der Waals surface area contributed by atoms with Gasteiger partial charge in [0.1, 0.15) is 4.64 Å². The van der Waals surface area contributed by atoms with Crippen molar-refractivity contribution in [2.45, 2.75) is 20.3 Å². The standard InChI is InChI=1S/C10H17N3S/c1-7(2)5-8-6-9(14)12-10(11-8)13(3)4/h6-7H,5H2,1-4H3,(H,11,12,14). The van der Waals surface area contributed by atoms with Gasteiger partial charge in [0.2, 0.25) is 5.95 Å². The van der Waals surface area contributed by atoms with Gasteiger partial charge >= 0.3 is 0 Å². The molecule has 0 fully saturated rings. The molecule has 0 atom stereocenters. The lowest BCUT2D eigenvalue weighted by Gasteiger charge is -2.13. The van der Waals surface area contributed by atoms with E-state index >= 15 is 0 Å². The molecule has 1 aromatic heterocycles. The third-order valence-electron chi connectivity index (χ3n) is 1.84. The van der Waals surface area contributed by atoms with Crippen molar-refractivity contribution in [2.75, 3.05) is 19.0 Å². The molecule has 0 saturated carbocycles. The van der Waals surface area contributed by atoms with E-state index in [2.05, 4.69) is 23.8 Å². The molecule has 4 heteroatoms. The van der Waals surface area contributed by atoms with Gasteiger partial charge in [0.25, 0.3) is 0 Å².